The van der Waals surface area contributed by atoms with Crippen LogP contribution in [-0.4, -0.2) is 57.9 Å². The molecule has 0 saturated carbocycles. The van der Waals surface area contributed by atoms with Gasteiger partial charge in [0.15, 0.2) is 0 Å². The third-order valence-electron chi connectivity index (χ3n) is 3.29. The van der Waals surface area contributed by atoms with Gasteiger partial charge in [0.25, 0.3) is 5.91 Å². The standard InChI is InChI=1S/C12H17N3O4/c1-3-15(10-6-19-5-8(10)12(17)18)11(16)9-4-7(2)13-14-9/h4,8,10H,3,5-6H2,1-2H3,(H,13,14)(H,17,18). The first-order valence-corrected chi connectivity index (χ1v) is 6.18. The van der Waals surface area contributed by atoms with Crippen LogP contribution < -0.4 is 0 Å². The van der Waals surface area contributed by atoms with Crippen molar-refractivity contribution in [3.63, 3.8) is 0 Å². The average Bonchev–Trinajstić information content (AvgIpc) is 2.98. The number of likely N-dealkylation sites (N-methyl/N-ethyl adjacent to an activating group) is 1. The predicted molar refractivity (Wildman–Crippen MR) is 65.8 cm³/mol. The second kappa shape index (κ2) is 5.40. The molecule has 2 N–H and O–H groups in total. The van der Waals surface area contributed by atoms with E-state index in [-0.39, 0.29) is 19.1 Å². The number of carbonyl (C=O) groups is 2. The average molecular weight is 267 g/mol. The molecule has 0 spiro atoms. The molecule has 1 saturated heterocycles. The summed E-state index contributed by atoms with van der Waals surface area (Å²) < 4.78 is 5.20. The molecule has 2 rings (SSSR count). The summed E-state index contributed by atoms with van der Waals surface area (Å²) in [6.45, 7) is 4.43. The van der Waals surface area contributed by atoms with Crippen LogP contribution in [0.1, 0.15) is 23.1 Å². The Kier molecular flexibility index (Phi) is 3.84. The Bertz CT molecular complexity index is 485. The number of amides is 1. The molecule has 1 aliphatic rings. The highest BCUT2D eigenvalue weighted by atomic mass is 16.5. The van der Waals surface area contributed by atoms with E-state index in [1.54, 1.807) is 13.0 Å². The fraction of sp³-hybridized carbons (Fsp3) is 0.583. The lowest BCUT2D eigenvalue weighted by molar-refractivity contribution is -0.142. The number of carboxylic acids is 1. The highest BCUT2D eigenvalue weighted by Gasteiger charge is 2.40. The fourth-order valence-electron chi connectivity index (χ4n) is 2.29. The summed E-state index contributed by atoms with van der Waals surface area (Å²) in [7, 11) is 0. The number of hydrogen-bond acceptors (Lipinski definition) is 4. The molecule has 1 aromatic heterocycles. The fourth-order valence-corrected chi connectivity index (χ4v) is 2.29. The number of aromatic nitrogens is 2. The summed E-state index contributed by atoms with van der Waals surface area (Å²) in [5, 5.41) is 15.8. The molecule has 2 atom stereocenters. The lowest BCUT2D eigenvalue weighted by Crippen LogP contribution is -2.46. The van der Waals surface area contributed by atoms with E-state index in [1.165, 1.54) is 4.90 Å². The zero-order valence-electron chi connectivity index (χ0n) is 10.9. The van der Waals surface area contributed by atoms with Crippen molar-refractivity contribution in [1.29, 1.82) is 0 Å². The SMILES string of the molecule is CCN(C(=O)c1cc(C)[nH]n1)C1COCC1C(=O)O. The summed E-state index contributed by atoms with van der Waals surface area (Å²) in [5.74, 6) is -1.88. The molecule has 0 radical (unpaired) electrons. The monoisotopic (exact) mass is 267 g/mol. The maximum absolute atomic E-state index is 12.3. The normalized spacial score (nSPS) is 22.4. The van der Waals surface area contributed by atoms with Gasteiger partial charge in [-0.15, -0.1) is 0 Å². The van der Waals surface area contributed by atoms with Gasteiger partial charge in [-0.25, -0.2) is 0 Å². The number of aryl methyl sites for hydroxylation is 1. The molecule has 104 valence electrons. The molecular weight excluding hydrogens is 250 g/mol. The summed E-state index contributed by atoms with van der Waals surface area (Å²) in [4.78, 5) is 25.0. The van der Waals surface area contributed by atoms with Crippen LogP contribution in [0.4, 0.5) is 0 Å². The van der Waals surface area contributed by atoms with Gasteiger partial charge >= 0.3 is 5.97 Å². The molecule has 2 unspecified atom stereocenters. The van der Waals surface area contributed by atoms with Crippen LogP contribution in [0.3, 0.4) is 0 Å². The van der Waals surface area contributed by atoms with Gasteiger partial charge in [-0.1, -0.05) is 0 Å². The molecule has 7 nitrogen and oxygen atoms in total. The van der Waals surface area contributed by atoms with Gasteiger partial charge in [0.05, 0.1) is 19.3 Å². The van der Waals surface area contributed by atoms with Crippen molar-refractivity contribution in [3.8, 4) is 0 Å². The van der Waals surface area contributed by atoms with E-state index >= 15 is 0 Å². The number of ether oxygens (including phenoxy) is 1. The van der Waals surface area contributed by atoms with Gasteiger partial charge in [0.1, 0.15) is 11.6 Å². The number of nitrogens with one attached hydrogen (secondary N) is 1. The van der Waals surface area contributed by atoms with Crippen LogP contribution in [0.25, 0.3) is 0 Å². The minimum atomic E-state index is -0.938. The Hall–Kier alpha value is -1.89. The highest BCUT2D eigenvalue weighted by Crippen LogP contribution is 2.21. The second-order valence-electron chi connectivity index (χ2n) is 4.58. The number of aliphatic carboxylic acids is 1. The van der Waals surface area contributed by atoms with Crippen molar-refractivity contribution in [2.45, 2.75) is 19.9 Å². The van der Waals surface area contributed by atoms with E-state index in [9.17, 15) is 9.59 Å². The molecule has 1 fully saturated rings. The summed E-state index contributed by atoms with van der Waals surface area (Å²) in [5.41, 5.74) is 1.09. The lowest BCUT2D eigenvalue weighted by atomic mass is 10.0. The smallest absolute Gasteiger partial charge is 0.311 e. The highest BCUT2D eigenvalue weighted by molar-refractivity contribution is 5.93. The number of carbonyl (C=O) groups excluding carboxylic acids is 1. The molecule has 1 amide bonds. The van der Waals surface area contributed by atoms with Gasteiger partial charge < -0.3 is 14.7 Å². The number of H-pyrrole nitrogens is 1. The van der Waals surface area contributed by atoms with E-state index in [1.807, 2.05) is 6.92 Å². The molecule has 0 aliphatic carbocycles. The largest absolute Gasteiger partial charge is 0.481 e. The van der Waals surface area contributed by atoms with Crippen LogP contribution in [0.2, 0.25) is 0 Å². The predicted octanol–water partition coefficient (Wildman–Crippen LogP) is 0.280. The van der Waals surface area contributed by atoms with Crippen LogP contribution in [0.5, 0.6) is 0 Å². The second-order valence-corrected chi connectivity index (χ2v) is 4.58. The van der Waals surface area contributed by atoms with Crippen LogP contribution in [-0.2, 0) is 9.53 Å². The van der Waals surface area contributed by atoms with Crippen molar-refractivity contribution in [2.24, 2.45) is 5.92 Å². The van der Waals surface area contributed by atoms with Crippen molar-refractivity contribution in [3.05, 3.63) is 17.5 Å². The van der Waals surface area contributed by atoms with E-state index < -0.39 is 17.9 Å². The van der Waals surface area contributed by atoms with Gasteiger partial charge in [-0.2, -0.15) is 5.10 Å². The van der Waals surface area contributed by atoms with Gasteiger partial charge in [-0.3, -0.25) is 14.7 Å². The van der Waals surface area contributed by atoms with Crippen molar-refractivity contribution in [2.75, 3.05) is 19.8 Å². The topological polar surface area (TPSA) is 95.5 Å². The Balaban J connectivity index is 2.20. The molecule has 7 heteroatoms. The summed E-state index contributed by atoms with van der Waals surface area (Å²) >= 11 is 0. The summed E-state index contributed by atoms with van der Waals surface area (Å²) in [6, 6.07) is 1.21. The minimum absolute atomic E-state index is 0.142. The first-order chi connectivity index (χ1) is 9.04. The first kappa shape index (κ1) is 13.5. The summed E-state index contributed by atoms with van der Waals surface area (Å²) in [6.07, 6.45) is 0. The number of carboxylic acid groups (broad SMARTS) is 1. The Morgan fingerprint density at radius 2 is 2.32 bits per heavy atom. The Morgan fingerprint density at radius 3 is 2.84 bits per heavy atom. The van der Waals surface area contributed by atoms with Crippen LogP contribution in [0.15, 0.2) is 6.07 Å². The van der Waals surface area contributed by atoms with Crippen molar-refractivity contribution >= 4 is 11.9 Å². The van der Waals surface area contributed by atoms with E-state index in [4.69, 9.17) is 9.84 Å². The van der Waals surface area contributed by atoms with Gasteiger partial charge in [-0.05, 0) is 19.9 Å². The molecule has 1 aromatic rings. The third kappa shape index (κ3) is 2.60. The molecule has 0 bridgehead atoms. The van der Waals surface area contributed by atoms with Crippen molar-refractivity contribution in [1.82, 2.24) is 15.1 Å². The Labute approximate surface area is 110 Å². The van der Waals surface area contributed by atoms with Crippen LogP contribution >= 0.6 is 0 Å². The molecule has 2 heterocycles. The molecule has 0 aromatic carbocycles. The first-order valence-electron chi connectivity index (χ1n) is 6.18. The van der Waals surface area contributed by atoms with Crippen LogP contribution in [0, 0.1) is 12.8 Å². The number of nitrogens with zero attached hydrogens (tertiary/aromatic N) is 2. The number of aromatic amines is 1. The van der Waals surface area contributed by atoms with E-state index in [0.29, 0.717) is 12.2 Å². The zero-order valence-corrected chi connectivity index (χ0v) is 10.9. The minimum Gasteiger partial charge on any atom is -0.481 e. The lowest BCUT2D eigenvalue weighted by Gasteiger charge is -2.28. The Morgan fingerprint density at radius 1 is 1.58 bits per heavy atom. The quantitative estimate of drug-likeness (QED) is 0.817. The van der Waals surface area contributed by atoms with Crippen molar-refractivity contribution < 1.29 is 19.4 Å². The van der Waals surface area contributed by atoms with Gasteiger partial charge in [0, 0.05) is 12.2 Å². The van der Waals surface area contributed by atoms with Gasteiger partial charge in [0.2, 0.25) is 0 Å². The van der Waals surface area contributed by atoms with E-state index in [0.717, 1.165) is 5.69 Å². The molecular formula is C12H17N3O4. The molecule has 1 aliphatic heterocycles. The molecule has 19 heavy (non-hydrogen) atoms. The maximum Gasteiger partial charge on any atom is 0.311 e. The third-order valence-corrected chi connectivity index (χ3v) is 3.29. The number of hydrogen-bond donors (Lipinski definition) is 2. The maximum atomic E-state index is 12.3. The van der Waals surface area contributed by atoms with E-state index in [2.05, 4.69) is 10.2 Å². The zero-order chi connectivity index (χ0) is 14.0. The number of rotatable bonds is 4.